The van der Waals surface area contributed by atoms with Crippen molar-refractivity contribution in [2.24, 2.45) is 17.2 Å². The lowest BCUT2D eigenvalue weighted by Gasteiger charge is -2.37. The molecule has 0 aliphatic carbocycles. The zero-order valence-electron chi connectivity index (χ0n) is 41.6. The molecule has 9 atom stereocenters. The van der Waals surface area contributed by atoms with Crippen LogP contribution in [0, 0.1) is 0 Å². The molecule has 0 saturated carbocycles. The largest absolute Gasteiger partial charge is 0.368 e. The van der Waals surface area contributed by atoms with Gasteiger partial charge in [0.2, 0.25) is 59.1 Å². The van der Waals surface area contributed by atoms with Gasteiger partial charge in [0.15, 0.2) is 0 Å². The lowest BCUT2D eigenvalue weighted by molar-refractivity contribution is -0.155. The van der Waals surface area contributed by atoms with E-state index in [-0.39, 0.29) is 47.3 Å². The Kier molecular flexibility index (Phi) is 18.3. The van der Waals surface area contributed by atoms with Gasteiger partial charge >= 0.3 is 0 Å². The summed E-state index contributed by atoms with van der Waals surface area (Å²) in [6, 6.07) is -7.38. The van der Waals surface area contributed by atoms with Gasteiger partial charge in [-0.3, -0.25) is 47.9 Å². The first-order valence-electron chi connectivity index (χ1n) is 26.6. The van der Waals surface area contributed by atoms with Gasteiger partial charge < -0.3 is 62.1 Å². The van der Waals surface area contributed by atoms with Crippen molar-refractivity contribution < 1.29 is 47.9 Å². The van der Waals surface area contributed by atoms with Gasteiger partial charge in [-0.05, 0) is 142 Å². The molecule has 0 aromatic carbocycles. The summed E-state index contributed by atoms with van der Waals surface area (Å²) < 4.78 is 0. The summed E-state index contributed by atoms with van der Waals surface area (Å²) in [6.45, 7) is 4.53. The zero-order chi connectivity index (χ0) is 50.9. The van der Waals surface area contributed by atoms with Crippen LogP contribution in [0.1, 0.15) is 135 Å². The number of likely N-dealkylation sites (tertiary alicyclic amines) is 7. The second-order valence-corrected chi connectivity index (χ2v) is 20.6. The maximum absolute atomic E-state index is 14.6. The van der Waals surface area contributed by atoms with E-state index >= 15 is 0 Å². The molecule has 0 radical (unpaired) electrons. The summed E-state index contributed by atoms with van der Waals surface area (Å²) >= 11 is 0. The predicted molar refractivity (Wildman–Crippen MR) is 258 cm³/mol. The normalized spacial score (nSPS) is 27.4. The number of nitrogens with one attached hydrogen (secondary N) is 2. The van der Waals surface area contributed by atoms with E-state index in [2.05, 4.69) is 10.6 Å². The summed E-state index contributed by atoms with van der Waals surface area (Å²) in [5.74, 6) is -3.76. The maximum atomic E-state index is 14.6. The molecule has 0 aromatic rings. The fraction of sp³-hybridized carbons (Fsp3) is 0.796. The van der Waals surface area contributed by atoms with Crippen LogP contribution in [0.4, 0.5) is 0 Å². The Hall–Kier alpha value is -5.38. The van der Waals surface area contributed by atoms with Crippen LogP contribution in [-0.4, -0.2) is 207 Å². The average molecular weight is 995 g/mol. The average Bonchev–Trinajstić information content (AvgIpc) is 4.22. The SMILES string of the molecule is CC(=O)N[C@@H](CCCCN)C(=O)N1CCC[C@H]1C(=O)N1CCC[C@H]1C(=O)N1CCC[C@H]1C(=O)N1CCC[C@H]1C(=O)N1CCC[C@H]1C(=O)N1CCC[C@H]1C(=O)N1CCC[C@H]1C(=O)N[C@@H](CCCCN)C(N)=O. The van der Waals surface area contributed by atoms with E-state index in [1.807, 2.05) is 0 Å². The third kappa shape index (κ3) is 11.8. The number of primary amides is 1. The molecular formula is C49H78N12O10. The van der Waals surface area contributed by atoms with Crippen molar-refractivity contribution in [3.63, 3.8) is 0 Å². The molecule has 394 valence electrons. The minimum atomic E-state index is -0.892. The maximum Gasteiger partial charge on any atom is 0.246 e. The summed E-state index contributed by atoms with van der Waals surface area (Å²) in [5, 5.41) is 5.49. The predicted octanol–water partition coefficient (Wildman–Crippen LogP) is -1.34. The molecule has 7 fully saturated rings. The Morgan fingerprint density at radius 1 is 0.408 bits per heavy atom. The molecule has 10 amide bonds. The molecule has 0 aromatic heterocycles. The molecule has 7 heterocycles. The highest BCUT2D eigenvalue weighted by Gasteiger charge is 2.51. The number of rotatable bonds is 19. The van der Waals surface area contributed by atoms with Crippen LogP contribution < -0.4 is 27.8 Å². The Bertz CT molecular complexity index is 2020. The number of nitrogens with zero attached hydrogens (tertiary/aromatic N) is 7. The van der Waals surface area contributed by atoms with Gasteiger partial charge in [0.1, 0.15) is 54.4 Å². The number of nitrogens with two attached hydrogens (primary N) is 3. The van der Waals surface area contributed by atoms with Gasteiger partial charge in [0, 0.05) is 52.7 Å². The Labute approximate surface area is 416 Å². The van der Waals surface area contributed by atoms with Gasteiger partial charge in [0.25, 0.3) is 0 Å². The topological polar surface area (TPSA) is 296 Å². The number of amides is 10. The number of hydrogen-bond donors (Lipinski definition) is 5. The number of hydrogen-bond acceptors (Lipinski definition) is 12. The van der Waals surface area contributed by atoms with Gasteiger partial charge in [-0.1, -0.05) is 0 Å². The number of unbranched alkanes of at least 4 members (excludes halogenated alkanes) is 2. The quantitative estimate of drug-likeness (QED) is 0.0940. The summed E-state index contributed by atoms with van der Waals surface area (Å²) in [4.78, 5) is 149. The van der Waals surface area contributed by atoms with Gasteiger partial charge in [-0.15, -0.1) is 0 Å². The molecule has 7 aliphatic heterocycles. The van der Waals surface area contributed by atoms with Crippen LogP contribution >= 0.6 is 0 Å². The highest BCUT2D eigenvalue weighted by Crippen LogP contribution is 2.34. The first kappa shape index (κ1) is 53.4. The number of carbonyl (C=O) groups excluding carboxylic acids is 10. The lowest BCUT2D eigenvalue weighted by atomic mass is 10.1. The van der Waals surface area contributed by atoms with Crippen LogP contribution in [0.2, 0.25) is 0 Å². The highest BCUT2D eigenvalue weighted by molar-refractivity contribution is 5.99. The molecule has 7 rings (SSSR count). The molecule has 8 N–H and O–H groups in total. The first-order chi connectivity index (χ1) is 34.2. The van der Waals surface area contributed by atoms with E-state index in [0.717, 1.165) is 0 Å². The fourth-order valence-corrected chi connectivity index (χ4v) is 12.4. The zero-order valence-corrected chi connectivity index (χ0v) is 41.6. The third-order valence-corrected chi connectivity index (χ3v) is 16.0. The first-order valence-corrected chi connectivity index (χ1v) is 26.6. The van der Waals surface area contributed by atoms with Crippen molar-refractivity contribution in [1.82, 2.24) is 44.9 Å². The lowest BCUT2D eigenvalue weighted by Crippen LogP contribution is -2.59. The molecule has 0 spiro atoms. The van der Waals surface area contributed by atoms with Crippen LogP contribution in [-0.2, 0) is 47.9 Å². The molecule has 0 bridgehead atoms. The van der Waals surface area contributed by atoms with Crippen molar-refractivity contribution in [2.45, 2.75) is 190 Å². The Balaban J connectivity index is 0.975. The summed E-state index contributed by atoms with van der Waals surface area (Å²) in [6.07, 6.45) is 10.2. The van der Waals surface area contributed by atoms with E-state index in [4.69, 9.17) is 17.2 Å². The van der Waals surface area contributed by atoms with Crippen molar-refractivity contribution in [3.05, 3.63) is 0 Å². The number of carbonyl (C=O) groups is 10. The standard InChI is InChI=1S/C49H78N12O10/c1-31(62)53-33(14-3-5-23-51)43(65)56-25-7-16-35(56)45(67)58-27-9-18-37(58)47(69)60-29-11-20-39(60)49(71)61-30-12-21-40(61)48(70)59-28-10-19-38(59)46(68)57-26-8-17-36(57)44(66)55-24-6-15-34(55)42(64)54-32(41(52)63)13-2-4-22-50/h32-40H,2-30,50-51H2,1H3,(H2,52,63)(H,53,62)(H,54,64)/t32-,33-,34-,35-,36-,37-,38-,39-,40-/m0/s1. The molecule has 7 saturated heterocycles. The van der Waals surface area contributed by atoms with Crippen LogP contribution in [0.25, 0.3) is 0 Å². The van der Waals surface area contributed by atoms with E-state index < -0.39 is 66.2 Å². The molecule has 0 unspecified atom stereocenters. The minimum absolute atomic E-state index is 0.311. The van der Waals surface area contributed by atoms with E-state index in [9.17, 15) is 47.9 Å². The molecule has 7 aliphatic rings. The van der Waals surface area contributed by atoms with Crippen LogP contribution in [0.3, 0.4) is 0 Å². The second-order valence-electron chi connectivity index (χ2n) is 20.6. The molecule has 22 heteroatoms. The monoisotopic (exact) mass is 995 g/mol. The summed E-state index contributed by atoms with van der Waals surface area (Å²) in [7, 11) is 0. The minimum Gasteiger partial charge on any atom is -0.368 e. The summed E-state index contributed by atoms with van der Waals surface area (Å²) in [5.41, 5.74) is 16.9. The molecule has 22 nitrogen and oxygen atoms in total. The second kappa shape index (κ2) is 24.4. The van der Waals surface area contributed by atoms with Crippen LogP contribution in [0.15, 0.2) is 0 Å². The van der Waals surface area contributed by atoms with Gasteiger partial charge in [-0.25, -0.2) is 0 Å². The highest BCUT2D eigenvalue weighted by atomic mass is 16.2. The van der Waals surface area contributed by atoms with Gasteiger partial charge in [-0.2, -0.15) is 0 Å². The fourth-order valence-electron chi connectivity index (χ4n) is 12.4. The van der Waals surface area contributed by atoms with Crippen LogP contribution in [0.5, 0.6) is 0 Å². The third-order valence-electron chi connectivity index (χ3n) is 16.0. The van der Waals surface area contributed by atoms with Crippen molar-refractivity contribution in [3.8, 4) is 0 Å². The van der Waals surface area contributed by atoms with E-state index in [1.54, 1.807) is 29.4 Å². The Morgan fingerprint density at radius 3 is 1.00 bits per heavy atom. The van der Waals surface area contributed by atoms with Crippen molar-refractivity contribution in [2.75, 3.05) is 58.9 Å². The van der Waals surface area contributed by atoms with E-state index in [0.29, 0.717) is 187 Å². The molecular weight excluding hydrogens is 917 g/mol. The smallest absolute Gasteiger partial charge is 0.246 e. The van der Waals surface area contributed by atoms with E-state index in [1.165, 1.54) is 11.8 Å². The Morgan fingerprint density at radius 2 is 0.690 bits per heavy atom. The van der Waals surface area contributed by atoms with Crippen molar-refractivity contribution >= 4 is 59.1 Å². The van der Waals surface area contributed by atoms with Crippen molar-refractivity contribution in [1.29, 1.82) is 0 Å². The van der Waals surface area contributed by atoms with Gasteiger partial charge in [0.05, 0.1) is 0 Å². The molecule has 71 heavy (non-hydrogen) atoms.